The van der Waals surface area contributed by atoms with Crippen LogP contribution in [0.3, 0.4) is 0 Å². The first-order valence-corrected chi connectivity index (χ1v) is 7.58. The highest BCUT2D eigenvalue weighted by atomic mass is 35.5. The van der Waals surface area contributed by atoms with E-state index in [1.807, 2.05) is 0 Å². The molecule has 0 aliphatic rings. The lowest BCUT2D eigenvalue weighted by Crippen LogP contribution is -2.33. The molecule has 96 valence electrons. The molecule has 1 amide bonds. The van der Waals surface area contributed by atoms with Crippen LogP contribution in [-0.4, -0.2) is 50.4 Å². The van der Waals surface area contributed by atoms with Gasteiger partial charge in [-0.3, -0.25) is 4.79 Å². The first-order valence-electron chi connectivity index (χ1n) is 5.19. The predicted octanol–water partition coefficient (Wildman–Crippen LogP) is 0.403. The summed E-state index contributed by atoms with van der Waals surface area (Å²) in [6, 6.07) is 0. The summed E-state index contributed by atoms with van der Waals surface area (Å²) >= 11 is 5.39. The highest BCUT2D eigenvalue weighted by Gasteiger charge is 2.13. The van der Waals surface area contributed by atoms with Gasteiger partial charge in [0.15, 0.2) is 0 Å². The summed E-state index contributed by atoms with van der Waals surface area (Å²) in [5, 5.41) is 2.67. The van der Waals surface area contributed by atoms with Crippen LogP contribution in [0.2, 0.25) is 0 Å². The number of nitrogens with one attached hydrogen (secondary N) is 1. The molecule has 0 heterocycles. The molecule has 0 unspecified atom stereocenters. The van der Waals surface area contributed by atoms with Gasteiger partial charge in [0.05, 0.1) is 6.26 Å². The van der Waals surface area contributed by atoms with E-state index in [0.717, 1.165) is 0 Å². The minimum atomic E-state index is -3.13. The Bertz CT molecular complexity index is 306. The summed E-state index contributed by atoms with van der Waals surface area (Å²) in [7, 11) is -3.13. The molecular weight excluding hydrogens is 252 g/mol. The minimum Gasteiger partial charge on any atom is -0.356 e. The first kappa shape index (κ1) is 15.7. The lowest BCUT2D eigenvalue weighted by Gasteiger charge is -2.17. The van der Waals surface area contributed by atoms with Crippen LogP contribution >= 0.6 is 11.6 Å². The van der Waals surface area contributed by atoms with E-state index in [0.29, 0.717) is 38.4 Å². The number of hydrogen-bond acceptors (Lipinski definition) is 3. The third-order valence-electron chi connectivity index (χ3n) is 2.05. The van der Waals surface area contributed by atoms with Crippen LogP contribution in [0.1, 0.15) is 19.8 Å². The third-order valence-corrected chi connectivity index (χ3v) is 3.62. The maximum atomic E-state index is 11.2. The summed E-state index contributed by atoms with van der Waals surface area (Å²) in [5.74, 6) is 0.202. The molecular formula is C9H19ClN2O3S. The molecule has 0 aromatic rings. The van der Waals surface area contributed by atoms with E-state index in [1.54, 1.807) is 6.92 Å². The molecule has 0 fully saturated rings. The van der Waals surface area contributed by atoms with Crippen molar-refractivity contribution in [1.29, 1.82) is 0 Å². The molecule has 7 heteroatoms. The molecule has 0 atom stereocenters. The highest BCUT2D eigenvalue weighted by molar-refractivity contribution is 7.88. The zero-order valence-electron chi connectivity index (χ0n) is 9.70. The van der Waals surface area contributed by atoms with Gasteiger partial charge in [-0.15, -0.1) is 11.6 Å². The quantitative estimate of drug-likeness (QED) is 0.513. The summed E-state index contributed by atoms with van der Waals surface area (Å²) in [6.07, 6.45) is 2.09. The van der Waals surface area contributed by atoms with E-state index in [4.69, 9.17) is 11.6 Å². The first-order chi connectivity index (χ1) is 7.41. The fraction of sp³-hybridized carbons (Fsp3) is 0.889. The van der Waals surface area contributed by atoms with Crippen molar-refractivity contribution in [2.24, 2.45) is 0 Å². The molecule has 0 radical (unpaired) electrons. The van der Waals surface area contributed by atoms with E-state index in [9.17, 15) is 13.2 Å². The molecule has 0 aromatic heterocycles. The number of nitrogens with zero attached hydrogens (tertiary/aromatic N) is 1. The Morgan fingerprint density at radius 2 is 2.06 bits per heavy atom. The Balaban J connectivity index is 3.77. The van der Waals surface area contributed by atoms with Crippen LogP contribution in [-0.2, 0) is 14.8 Å². The van der Waals surface area contributed by atoms with Crippen molar-refractivity contribution in [3.63, 3.8) is 0 Å². The lowest BCUT2D eigenvalue weighted by atomic mass is 10.4. The zero-order valence-corrected chi connectivity index (χ0v) is 11.3. The Labute approximate surface area is 102 Å². The SMILES string of the molecule is CCN(CCCNC(=O)CCCl)S(C)(=O)=O. The maximum Gasteiger partial charge on any atom is 0.221 e. The van der Waals surface area contributed by atoms with Crippen LogP contribution < -0.4 is 5.32 Å². The second-order valence-corrected chi connectivity index (χ2v) is 5.76. The van der Waals surface area contributed by atoms with Crippen LogP contribution in [0.15, 0.2) is 0 Å². The topological polar surface area (TPSA) is 66.5 Å². The molecule has 0 aliphatic carbocycles. The molecule has 16 heavy (non-hydrogen) atoms. The van der Waals surface area contributed by atoms with Gasteiger partial charge in [-0.1, -0.05) is 6.92 Å². The van der Waals surface area contributed by atoms with E-state index in [2.05, 4.69) is 5.32 Å². The van der Waals surface area contributed by atoms with Crippen LogP contribution in [0, 0.1) is 0 Å². The standard InChI is InChI=1S/C9H19ClN2O3S/c1-3-12(16(2,14)15)8-4-7-11-9(13)5-6-10/h3-8H2,1-2H3,(H,11,13). The Kier molecular flexibility index (Phi) is 7.70. The van der Waals surface area contributed by atoms with Crippen molar-refractivity contribution in [2.45, 2.75) is 19.8 Å². The van der Waals surface area contributed by atoms with Gasteiger partial charge in [0.2, 0.25) is 15.9 Å². The van der Waals surface area contributed by atoms with E-state index < -0.39 is 10.0 Å². The summed E-state index contributed by atoms with van der Waals surface area (Å²) < 4.78 is 23.8. The number of amides is 1. The van der Waals surface area contributed by atoms with Gasteiger partial charge in [0, 0.05) is 31.9 Å². The third kappa shape index (κ3) is 7.03. The van der Waals surface area contributed by atoms with Crippen molar-refractivity contribution >= 4 is 27.5 Å². The Hall–Kier alpha value is -0.330. The fourth-order valence-electron chi connectivity index (χ4n) is 1.22. The van der Waals surface area contributed by atoms with Gasteiger partial charge in [0.25, 0.3) is 0 Å². The van der Waals surface area contributed by atoms with Crippen LogP contribution in [0.25, 0.3) is 0 Å². The average Bonchev–Trinajstić information content (AvgIpc) is 2.16. The lowest BCUT2D eigenvalue weighted by molar-refractivity contribution is -0.120. The molecule has 0 saturated carbocycles. The van der Waals surface area contributed by atoms with E-state index >= 15 is 0 Å². The summed E-state index contributed by atoms with van der Waals surface area (Å²) in [6.45, 7) is 3.14. The molecule has 0 bridgehead atoms. The largest absolute Gasteiger partial charge is 0.356 e. The number of halogens is 1. The molecule has 0 rings (SSSR count). The van der Waals surface area contributed by atoms with Gasteiger partial charge >= 0.3 is 0 Å². The summed E-state index contributed by atoms with van der Waals surface area (Å²) in [5.41, 5.74) is 0. The van der Waals surface area contributed by atoms with Gasteiger partial charge in [-0.25, -0.2) is 12.7 Å². The highest BCUT2D eigenvalue weighted by Crippen LogP contribution is 1.98. The molecule has 0 saturated heterocycles. The molecule has 0 aliphatic heterocycles. The number of alkyl halides is 1. The van der Waals surface area contributed by atoms with Gasteiger partial charge in [-0.2, -0.15) is 0 Å². The van der Waals surface area contributed by atoms with Crippen molar-refractivity contribution in [3.05, 3.63) is 0 Å². The smallest absolute Gasteiger partial charge is 0.221 e. The number of carbonyl (C=O) groups excluding carboxylic acids is 1. The molecule has 5 nitrogen and oxygen atoms in total. The maximum absolute atomic E-state index is 11.2. The van der Waals surface area contributed by atoms with Gasteiger partial charge < -0.3 is 5.32 Å². The Morgan fingerprint density at radius 1 is 1.44 bits per heavy atom. The van der Waals surface area contributed by atoms with Crippen molar-refractivity contribution in [1.82, 2.24) is 9.62 Å². The van der Waals surface area contributed by atoms with Crippen LogP contribution in [0.4, 0.5) is 0 Å². The molecule has 0 aromatic carbocycles. The normalized spacial score (nSPS) is 11.8. The monoisotopic (exact) mass is 270 g/mol. The fourth-order valence-corrected chi connectivity index (χ4v) is 2.32. The predicted molar refractivity (Wildman–Crippen MR) is 65.1 cm³/mol. The number of rotatable bonds is 8. The van der Waals surface area contributed by atoms with Crippen LogP contribution in [0.5, 0.6) is 0 Å². The molecule has 0 spiro atoms. The zero-order chi connectivity index (χ0) is 12.6. The molecule has 1 N–H and O–H groups in total. The van der Waals surface area contributed by atoms with Gasteiger partial charge in [0.1, 0.15) is 0 Å². The second kappa shape index (κ2) is 7.86. The van der Waals surface area contributed by atoms with Crippen molar-refractivity contribution in [2.75, 3.05) is 31.8 Å². The number of sulfonamides is 1. The summed E-state index contributed by atoms with van der Waals surface area (Å²) in [4.78, 5) is 11.0. The van der Waals surface area contributed by atoms with Crippen molar-refractivity contribution < 1.29 is 13.2 Å². The van der Waals surface area contributed by atoms with Crippen molar-refractivity contribution in [3.8, 4) is 0 Å². The second-order valence-electron chi connectivity index (χ2n) is 3.40. The Morgan fingerprint density at radius 3 is 2.50 bits per heavy atom. The number of carbonyl (C=O) groups is 1. The van der Waals surface area contributed by atoms with E-state index in [-0.39, 0.29) is 5.91 Å². The average molecular weight is 271 g/mol. The van der Waals surface area contributed by atoms with E-state index in [1.165, 1.54) is 10.6 Å². The van der Waals surface area contributed by atoms with Gasteiger partial charge in [-0.05, 0) is 6.42 Å². The minimum absolute atomic E-state index is 0.0996. The number of hydrogen-bond donors (Lipinski definition) is 1.